The van der Waals surface area contributed by atoms with Crippen molar-refractivity contribution in [2.24, 2.45) is 5.92 Å². The zero-order valence-electron chi connectivity index (χ0n) is 14.2. The Balaban J connectivity index is 1.90. The molecule has 0 radical (unpaired) electrons. The molecule has 122 valence electrons. The minimum absolute atomic E-state index is 0.0631. The quantitative estimate of drug-likeness (QED) is 0.873. The zero-order chi connectivity index (χ0) is 16.6. The van der Waals surface area contributed by atoms with Gasteiger partial charge in [0.25, 0.3) is 0 Å². The van der Waals surface area contributed by atoms with Crippen LogP contribution in [0.1, 0.15) is 12.0 Å². The number of benzene rings is 1. The van der Waals surface area contributed by atoms with Gasteiger partial charge in [-0.2, -0.15) is 0 Å². The van der Waals surface area contributed by atoms with Crippen molar-refractivity contribution in [2.45, 2.75) is 13.3 Å². The SMILES string of the molecule is COc1ccc2c(C)cc(N3CCC(C(=O)N(C)C)C3)nc2c1. The van der Waals surface area contributed by atoms with Gasteiger partial charge in [0.2, 0.25) is 5.91 Å². The first-order valence-electron chi connectivity index (χ1n) is 7.91. The van der Waals surface area contributed by atoms with Crippen molar-refractivity contribution in [3.8, 4) is 5.75 Å². The molecule has 0 bridgehead atoms. The first kappa shape index (κ1) is 15.6. The molecular formula is C18H23N3O2. The predicted octanol–water partition coefficient (Wildman–Crippen LogP) is 2.47. The number of hydrogen-bond acceptors (Lipinski definition) is 4. The summed E-state index contributed by atoms with van der Waals surface area (Å²) in [6.45, 7) is 3.70. The van der Waals surface area contributed by atoms with Crippen LogP contribution in [0.25, 0.3) is 10.9 Å². The van der Waals surface area contributed by atoms with Crippen molar-refractivity contribution in [2.75, 3.05) is 39.2 Å². The van der Waals surface area contributed by atoms with Gasteiger partial charge >= 0.3 is 0 Å². The third-order valence-electron chi connectivity index (χ3n) is 4.51. The molecule has 5 nitrogen and oxygen atoms in total. The molecule has 1 aliphatic heterocycles. The third kappa shape index (κ3) is 2.96. The highest BCUT2D eigenvalue weighted by molar-refractivity contribution is 5.85. The summed E-state index contributed by atoms with van der Waals surface area (Å²) in [6, 6.07) is 8.07. The first-order valence-corrected chi connectivity index (χ1v) is 7.91. The summed E-state index contributed by atoms with van der Waals surface area (Å²) in [4.78, 5) is 20.8. The molecular weight excluding hydrogens is 290 g/mol. The largest absolute Gasteiger partial charge is 0.497 e. The Morgan fingerprint density at radius 3 is 2.83 bits per heavy atom. The van der Waals surface area contributed by atoms with E-state index in [0.29, 0.717) is 0 Å². The molecule has 1 amide bonds. The first-order chi connectivity index (χ1) is 11.0. The van der Waals surface area contributed by atoms with Crippen LogP contribution in [0.5, 0.6) is 5.75 Å². The number of pyridine rings is 1. The van der Waals surface area contributed by atoms with Gasteiger partial charge < -0.3 is 14.5 Å². The Morgan fingerprint density at radius 1 is 1.35 bits per heavy atom. The summed E-state index contributed by atoms with van der Waals surface area (Å²) in [5.41, 5.74) is 2.12. The lowest BCUT2D eigenvalue weighted by atomic mass is 10.1. The predicted molar refractivity (Wildman–Crippen MR) is 92.0 cm³/mol. The van der Waals surface area contributed by atoms with E-state index in [0.717, 1.165) is 42.0 Å². The van der Waals surface area contributed by atoms with Gasteiger partial charge in [0.15, 0.2) is 0 Å². The maximum Gasteiger partial charge on any atom is 0.227 e. The Kier molecular flexibility index (Phi) is 4.11. The lowest BCUT2D eigenvalue weighted by Gasteiger charge is -2.20. The van der Waals surface area contributed by atoms with E-state index < -0.39 is 0 Å². The molecule has 0 aliphatic carbocycles. The molecule has 0 saturated carbocycles. The van der Waals surface area contributed by atoms with Crippen molar-refractivity contribution in [3.05, 3.63) is 29.8 Å². The molecule has 1 fully saturated rings. The van der Waals surface area contributed by atoms with Gasteiger partial charge in [-0.15, -0.1) is 0 Å². The van der Waals surface area contributed by atoms with Gasteiger partial charge in [0, 0.05) is 38.6 Å². The molecule has 0 N–H and O–H groups in total. The summed E-state index contributed by atoms with van der Waals surface area (Å²) < 4.78 is 5.30. The molecule has 1 aromatic heterocycles. The molecule has 5 heteroatoms. The summed E-state index contributed by atoms with van der Waals surface area (Å²) in [7, 11) is 5.29. The summed E-state index contributed by atoms with van der Waals surface area (Å²) in [6.07, 6.45) is 0.883. The average Bonchev–Trinajstić information content (AvgIpc) is 3.03. The number of carbonyl (C=O) groups is 1. The smallest absolute Gasteiger partial charge is 0.227 e. The lowest BCUT2D eigenvalue weighted by molar-refractivity contribution is -0.132. The lowest BCUT2D eigenvalue weighted by Crippen LogP contribution is -2.32. The summed E-state index contributed by atoms with van der Waals surface area (Å²) in [5.74, 6) is 2.01. The third-order valence-corrected chi connectivity index (χ3v) is 4.51. The number of fused-ring (bicyclic) bond motifs is 1. The van der Waals surface area contributed by atoms with Crippen LogP contribution >= 0.6 is 0 Å². The molecule has 1 saturated heterocycles. The second-order valence-electron chi connectivity index (χ2n) is 6.34. The number of ether oxygens (including phenoxy) is 1. The highest BCUT2D eigenvalue weighted by Crippen LogP contribution is 2.29. The van der Waals surface area contributed by atoms with Gasteiger partial charge in [-0.05, 0) is 37.1 Å². The number of hydrogen-bond donors (Lipinski definition) is 0. The average molecular weight is 313 g/mol. The minimum atomic E-state index is 0.0631. The van der Waals surface area contributed by atoms with Gasteiger partial charge in [0.05, 0.1) is 18.5 Å². The standard InChI is InChI=1S/C18H23N3O2/c1-12-9-17(19-16-10-14(23-4)5-6-15(12)16)21-8-7-13(11-21)18(22)20(2)3/h5-6,9-10,13H,7-8,11H2,1-4H3. The highest BCUT2D eigenvalue weighted by Gasteiger charge is 2.30. The molecule has 1 unspecified atom stereocenters. The molecule has 23 heavy (non-hydrogen) atoms. The fourth-order valence-corrected chi connectivity index (χ4v) is 3.19. The van der Waals surface area contributed by atoms with E-state index in [2.05, 4.69) is 17.9 Å². The van der Waals surface area contributed by atoms with Crippen LogP contribution in [0.2, 0.25) is 0 Å². The van der Waals surface area contributed by atoms with Crippen LogP contribution in [0.15, 0.2) is 24.3 Å². The number of aromatic nitrogens is 1. The Labute approximate surface area is 136 Å². The van der Waals surface area contributed by atoms with Crippen LogP contribution in [0, 0.1) is 12.8 Å². The van der Waals surface area contributed by atoms with E-state index in [1.54, 1.807) is 12.0 Å². The van der Waals surface area contributed by atoms with E-state index in [9.17, 15) is 4.79 Å². The van der Waals surface area contributed by atoms with Gasteiger partial charge in [0.1, 0.15) is 11.6 Å². The molecule has 0 spiro atoms. The Morgan fingerprint density at radius 2 is 2.13 bits per heavy atom. The van der Waals surface area contributed by atoms with E-state index in [1.165, 1.54) is 5.56 Å². The number of nitrogens with zero attached hydrogens (tertiary/aromatic N) is 3. The van der Waals surface area contributed by atoms with Crippen LogP contribution in [-0.2, 0) is 4.79 Å². The normalized spacial score (nSPS) is 17.6. The van der Waals surface area contributed by atoms with Gasteiger partial charge in [-0.3, -0.25) is 4.79 Å². The van der Waals surface area contributed by atoms with Crippen molar-refractivity contribution >= 4 is 22.6 Å². The second-order valence-corrected chi connectivity index (χ2v) is 6.34. The number of aryl methyl sites for hydroxylation is 1. The number of anilines is 1. The monoisotopic (exact) mass is 313 g/mol. The van der Waals surface area contributed by atoms with Crippen LogP contribution in [0.3, 0.4) is 0 Å². The fraction of sp³-hybridized carbons (Fsp3) is 0.444. The summed E-state index contributed by atoms with van der Waals surface area (Å²) in [5, 5.41) is 1.13. The van der Waals surface area contributed by atoms with E-state index in [-0.39, 0.29) is 11.8 Å². The highest BCUT2D eigenvalue weighted by atomic mass is 16.5. The van der Waals surface area contributed by atoms with Crippen LogP contribution < -0.4 is 9.64 Å². The topological polar surface area (TPSA) is 45.7 Å². The van der Waals surface area contributed by atoms with Crippen molar-refractivity contribution in [3.63, 3.8) is 0 Å². The van der Waals surface area contributed by atoms with Gasteiger partial charge in [-0.1, -0.05) is 0 Å². The number of rotatable bonds is 3. The number of carbonyl (C=O) groups excluding carboxylic acids is 1. The maximum absolute atomic E-state index is 12.1. The van der Waals surface area contributed by atoms with E-state index >= 15 is 0 Å². The number of amides is 1. The van der Waals surface area contributed by atoms with Crippen molar-refractivity contribution in [1.82, 2.24) is 9.88 Å². The fourth-order valence-electron chi connectivity index (χ4n) is 3.19. The van der Waals surface area contributed by atoms with Crippen molar-refractivity contribution in [1.29, 1.82) is 0 Å². The zero-order valence-corrected chi connectivity index (χ0v) is 14.2. The number of methoxy groups -OCH3 is 1. The van der Waals surface area contributed by atoms with Crippen LogP contribution in [-0.4, -0.2) is 50.1 Å². The molecule has 1 atom stereocenters. The van der Waals surface area contributed by atoms with Crippen LogP contribution in [0.4, 0.5) is 5.82 Å². The molecule has 1 aliphatic rings. The Bertz CT molecular complexity index is 742. The van der Waals surface area contributed by atoms with Crippen molar-refractivity contribution < 1.29 is 9.53 Å². The molecule has 2 heterocycles. The molecule has 3 rings (SSSR count). The Hall–Kier alpha value is -2.30. The molecule has 2 aromatic rings. The van der Waals surface area contributed by atoms with E-state index in [1.807, 2.05) is 32.3 Å². The van der Waals surface area contributed by atoms with E-state index in [4.69, 9.17) is 9.72 Å². The second kappa shape index (κ2) is 6.07. The summed E-state index contributed by atoms with van der Waals surface area (Å²) >= 11 is 0. The molecule has 1 aromatic carbocycles. The minimum Gasteiger partial charge on any atom is -0.497 e. The maximum atomic E-state index is 12.1. The van der Waals surface area contributed by atoms with Gasteiger partial charge in [-0.25, -0.2) is 4.98 Å².